The molecular formula is C20H23N3O3. The SMILES string of the molecule is COc1cccc(NC(=O)N[C@@H]2CC(=O)N(c3ccc(C)c(C)c3)C2)c1. The van der Waals surface area contributed by atoms with Gasteiger partial charge in [0, 0.05) is 30.4 Å². The number of urea groups is 1. The number of amides is 3. The van der Waals surface area contributed by atoms with Crippen LogP contribution in [0.15, 0.2) is 42.5 Å². The van der Waals surface area contributed by atoms with Gasteiger partial charge < -0.3 is 20.3 Å². The smallest absolute Gasteiger partial charge is 0.319 e. The predicted molar refractivity (Wildman–Crippen MR) is 102 cm³/mol. The molecule has 1 atom stereocenters. The molecular weight excluding hydrogens is 330 g/mol. The van der Waals surface area contributed by atoms with Crippen molar-refractivity contribution in [3.05, 3.63) is 53.6 Å². The van der Waals surface area contributed by atoms with E-state index >= 15 is 0 Å². The third-order valence-electron chi connectivity index (χ3n) is 4.59. The molecule has 2 aromatic rings. The van der Waals surface area contributed by atoms with E-state index in [1.54, 1.807) is 36.3 Å². The number of rotatable bonds is 4. The third-order valence-corrected chi connectivity index (χ3v) is 4.59. The lowest BCUT2D eigenvalue weighted by Crippen LogP contribution is -2.39. The van der Waals surface area contributed by atoms with E-state index in [1.807, 2.05) is 32.0 Å². The molecule has 0 aliphatic carbocycles. The van der Waals surface area contributed by atoms with Gasteiger partial charge in [0.15, 0.2) is 0 Å². The van der Waals surface area contributed by atoms with Crippen LogP contribution in [0.5, 0.6) is 5.75 Å². The van der Waals surface area contributed by atoms with Crippen LogP contribution in [-0.4, -0.2) is 31.6 Å². The van der Waals surface area contributed by atoms with Crippen molar-refractivity contribution < 1.29 is 14.3 Å². The minimum absolute atomic E-state index is 0.0138. The number of anilines is 2. The van der Waals surface area contributed by atoms with Crippen LogP contribution in [0.1, 0.15) is 17.5 Å². The number of benzene rings is 2. The molecule has 1 heterocycles. The Hall–Kier alpha value is -3.02. The third kappa shape index (κ3) is 3.96. The van der Waals surface area contributed by atoms with Crippen LogP contribution in [0.4, 0.5) is 16.2 Å². The highest BCUT2D eigenvalue weighted by atomic mass is 16.5. The van der Waals surface area contributed by atoms with Gasteiger partial charge in [0.25, 0.3) is 0 Å². The van der Waals surface area contributed by atoms with Crippen LogP contribution in [0.2, 0.25) is 0 Å². The zero-order valence-electron chi connectivity index (χ0n) is 15.2. The van der Waals surface area contributed by atoms with Crippen molar-refractivity contribution in [2.24, 2.45) is 0 Å². The second kappa shape index (κ2) is 7.47. The molecule has 1 aliphatic rings. The van der Waals surface area contributed by atoms with Crippen molar-refractivity contribution in [1.29, 1.82) is 0 Å². The normalized spacial score (nSPS) is 16.5. The lowest BCUT2D eigenvalue weighted by Gasteiger charge is -2.18. The Morgan fingerprint density at radius 3 is 2.69 bits per heavy atom. The first kappa shape index (κ1) is 17.8. The molecule has 6 heteroatoms. The largest absolute Gasteiger partial charge is 0.497 e. The molecule has 136 valence electrons. The molecule has 3 rings (SSSR count). The summed E-state index contributed by atoms with van der Waals surface area (Å²) in [4.78, 5) is 26.3. The second-order valence-corrected chi connectivity index (χ2v) is 6.50. The Morgan fingerprint density at radius 1 is 1.15 bits per heavy atom. The summed E-state index contributed by atoms with van der Waals surface area (Å²) in [6.07, 6.45) is 0.290. The van der Waals surface area contributed by atoms with Crippen molar-refractivity contribution in [3.63, 3.8) is 0 Å². The van der Waals surface area contributed by atoms with E-state index in [9.17, 15) is 9.59 Å². The monoisotopic (exact) mass is 353 g/mol. The van der Waals surface area contributed by atoms with Gasteiger partial charge >= 0.3 is 6.03 Å². The molecule has 0 aromatic heterocycles. The summed E-state index contributed by atoms with van der Waals surface area (Å²) in [5.74, 6) is 0.680. The molecule has 0 saturated carbocycles. The Balaban J connectivity index is 1.61. The number of nitrogens with zero attached hydrogens (tertiary/aromatic N) is 1. The Kier molecular flexibility index (Phi) is 5.11. The van der Waals surface area contributed by atoms with Gasteiger partial charge in [0.2, 0.25) is 5.91 Å². The summed E-state index contributed by atoms with van der Waals surface area (Å²) in [7, 11) is 1.57. The fraction of sp³-hybridized carbons (Fsp3) is 0.300. The van der Waals surface area contributed by atoms with Crippen molar-refractivity contribution in [3.8, 4) is 5.75 Å². The summed E-state index contributed by atoms with van der Waals surface area (Å²) in [6, 6.07) is 12.5. The van der Waals surface area contributed by atoms with Crippen LogP contribution in [0.3, 0.4) is 0 Å². The van der Waals surface area contributed by atoms with E-state index < -0.39 is 0 Å². The van der Waals surface area contributed by atoms with Gasteiger partial charge in [-0.1, -0.05) is 12.1 Å². The zero-order valence-corrected chi connectivity index (χ0v) is 15.2. The van der Waals surface area contributed by atoms with E-state index in [-0.39, 0.29) is 18.0 Å². The minimum Gasteiger partial charge on any atom is -0.497 e. The van der Waals surface area contributed by atoms with Crippen LogP contribution in [0.25, 0.3) is 0 Å². The van der Waals surface area contributed by atoms with Crippen LogP contribution < -0.4 is 20.3 Å². The Labute approximate surface area is 153 Å². The standard InChI is InChI=1S/C20H23N3O3/c1-13-7-8-17(9-14(13)2)23-12-16(11-19(23)24)22-20(25)21-15-5-4-6-18(10-15)26-3/h4-10,16H,11-12H2,1-3H3,(H2,21,22,25)/t16-/m1/s1. The summed E-state index contributed by atoms with van der Waals surface area (Å²) in [5, 5.41) is 5.64. The maximum atomic E-state index is 12.3. The maximum absolute atomic E-state index is 12.3. The molecule has 0 spiro atoms. The van der Waals surface area contributed by atoms with Crippen molar-refractivity contribution in [2.75, 3.05) is 23.9 Å². The van der Waals surface area contributed by atoms with Crippen LogP contribution in [-0.2, 0) is 4.79 Å². The predicted octanol–water partition coefficient (Wildman–Crippen LogP) is 3.24. The van der Waals surface area contributed by atoms with Gasteiger partial charge in [-0.25, -0.2) is 4.79 Å². The van der Waals surface area contributed by atoms with Crippen LogP contribution >= 0.6 is 0 Å². The van der Waals surface area contributed by atoms with Gasteiger partial charge in [-0.15, -0.1) is 0 Å². The highest BCUT2D eigenvalue weighted by Crippen LogP contribution is 2.24. The molecule has 0 bridgehead atoms. The summed E-state index contributed by atoms with van der Waals surface area (Å²) in [6.45, 7) is 4.53. The number of ether oxygens (including phenoxy) is 1. The summed E-state index contributed by atoms with van der Waals surface area (Å²) in [5.41, 5.74) is 3.84. The molecule has 0 unspecified atom stereocenters. The molecule has 6 nitrogen and oxygen atoms in total. The first-order valence-corrected chi connectivity index (χ1v) is 8.55. The maximum Gasteiger partial charge on any atom is 0.319 e. The first-order valence-electron chi connectivity index (χ1n) is 8.55. The number of methoxy groups -OCH3 is 1. The number of carbonyl (C=O) groups is 2. The first-order chi connectivity index (χ1) is 12.5. The van der Waals surface area contributed by atoms with Crippen molar-refractivity contribution >= 4 is 23.3 Å². The minimum atomic E-state index is -0.335. The van der Waals surface area contributed by atoms with Crippen LogP contribution in [0, 0.1) is 13.8 Å². The van der Waals surface area contributed by atoms with Crippen molar-refractivity contribution in [1.82, 2.24) is 5.32 Å². The summed E-state index contributed by atoms with van der Waals surface area (Å²) < 4.78 is 5.14. The molecule has 2 N–H and O–H groups in total. The molecule has 2 aromatic carbocycles. The highest BCUT2D eigenvalue weighted by Gasteiger charge is 2.31. The highest BCUT2D eigenvalue weighted by molar-refractivity contribution is 5.97. The summed E-state index contributed by atoms with van der Waals surface area (Å²) >= 11 is 0. The number of hydrogen-bond donors (Lipinski definition) is 2. The van der Waals surface area contributed by atoms with Crippen molar-refractivity contribution in [2.45, 2.75) is 26.3 Å². The van der Waals surface area contributed by atoms with E-state index in [4.69, 9.17) is 4.74 Å². The lowest BCUT2D eigenvalue weighted by atomic mass is 10.1. The fourth-order valence-electron chi connectivity index (χ4n) is 3.00. The number of nitrogens with one attached hydrogen (secondary N) is 2. The fourth-order valence-corrected chi connectivity index (χ4v) is 3.00. The van der Waals surface area contributed by atoms with Gasteiger partial charge in [0.1, 0.15) is 5.75 Å². The number of carbonyl (C=O) groups excluding carboxylic acids is 2. The van der Waals surface area contributed by atoms with E-state index in [0.717, 1.165) is 11.3 Å². The quantitative estimate of drug-likeness (QED) is 0.886. The topological polar surface area (TPSA) is 70.7 Å². The zero-order chi connectivity index (χ0) is 18.7. The second-order valence-electron chi connectivity index (χ2n) is 6.50. The molecule has 0 radical (unpaired) electrons. The van der Waals surface area contributed by atoms with E-state index in [2.05, 4.69) is 10.6 Å². The van der Waals surface area contributed by atoms with Gasteiger partial charge in [-0.2, -0.15) is 0 Å². The average Bonchev–Trinajstić information content (AvgIpc) is 2.97. The molecule has 1 fully saturated rings. The Bertz CT molecular complexity index is 835. The molecule has 3 amide bonds. The van der Waals surface area contributed by atoms with Gasteiger partial charge in [0.05, 0.1) is 13.2 Å². The number of aryl methyl sites for hydroxylation is 2. The molecule has 1 aliphatic heterocycles. The molecule has 26 heavy (non-hydrogen) atoms. The average molecular weight is 353 g/mol. The number of hydrogen-bond acceptors (Lipinski definition) is 3. The molecule has 1 saturated heterocycles. The van der Waals surface area contributed by atoms with E-state index in [0.29, 0.717) is 24.4 Å². The van der Waals surface area contributed by atoms with Gasteiger partial charge in [-0.05, 0) is 49.2 Å². The van der Waals surface area contributed by atoms with E-state index in [1.165, 1.54) is 5.56 Å². The lowest BCUT2D eigenvalue weighted by molar-refractivity contribution is -0.117. The Morgan fingerprint density at radius 2 is 1.96 bits per heavy atom. The van der Waals surface area contributed by atoms with Gasteiger partial charge in [-0.3, -0.25) is 4.79 Å².